The Hall–Kier alpha value is -2.01. The molecule has 4 N–H and O–H groups in total. The van der Waals surface area contributed by atoms with Crippen molar-refractivity contribution in [3.05, 3.63) is 34.4 Å². The lowest BCUT2D eigenvalue weighted by molar-refractivity contribution is -0.0180. The maximum absolute atomic E-state index is 11.8. The maximum atomic E-state index is 11.8. The Morgan fingerprint density at radius 2 is 2.12 bits per heavy atom. The quantitative estimate of drug-likeness (QED) is 0.726. The Bertz CT molecular complexity index is 765. The first-order valence-corrected chi connectivity index (χ1v) is 8.90. The topological polar surface area (TPSA) is 92.8 Å². The third kappa shape index (κ3) is 2.61. The lowest BCUT2D eigenvalue weighted by Crippen LogP contribution is -2.58. The molecule has 1 heterocycles. The molecule has 1 aromatic rings. The first-order valence-electron chi connectivity index (χ1n) is 8.90. The summed E-state index contributed by atoms with van der Waals surface area (Å²) < 4.78 is 6.23. The summed E-state index contributed by atoms with van der Waals surface area (Å²) in [4.78, 5) is 11.8. The van der Waals surface area contributed by atoms with Crippen LogP contribution in [-0.2, 0) is 12.0 Å². The van der Waals surface area contributed by atoms with Crippen LogP contribution >= 0.6 is 0 Å². The zero-order chi connectivity index (χ0) is 18.6. The van der Waals surface area contributed by atoms with Gasteiger partial charge in [0, 0.05) is 5.92 Å². The minimum atomic E-state index is -1.13. The number of carbonyl (C=O) groups is 1. The highest BCUT2D eigenvalue weighted by atomic mass is 16.5. The first-order chi connectivity index (χ1) is 11.6. The summed E-state index contributed by atoms with van der Waals surface area (Å²) in [5, 5.41) is 20.6. The number of phenols is 1. The van der Waals surface area contributed by atoms with Gasteiger partial charge >= 0.3 is 5.97 Å². The van der Waals surface area contributed by atoms with E-state index in [9.17, 15) is 15.0 Å². The number of aromatic carboxylic acids is 1. The van der Waals surface area contributed by atoms with E-state index in [1.165, 1.54) is 0 Å². The van der Waals surface area contributed by atoms with E-state index in [1.807, 2.05) is 33.8 Å². The summed E-state index contributed by atoms with van der Waals surface area (Å²) in [6, 6.07) is 1.76. The molecule has 1 aromatic carbocycles. The third-order valence-corrected chi connectivity index (χ3v) is 5.61. The van der Waals surface area contributed by atoms with Crippen molar-refractivity contribution in [2.45, 2.75) is 64.5 Å². The summed E-state index contributed by atoms with van der Waals surface area (Å²) in [7, 11) is 0. The van der Waals surface area contributed by atoms with Crippen LogP contribution in [0.5, 0.6) is 11.5 Å². The number of allylic oxidation sites excluding steroid dienone is 1. The van der Waals surface area contributed by atoms with Gasteiger partial charge in [0.1, 0.15) is 22.7 Å². The van der Waals surface area contributed by atoms with Gasteiger partial charge in [-0.2, -0.15) is 0 Å². The van der Waals surface area contributed by atoms with Gasteiger partial charge in [-0.05, 0) is 51.7 Å². The second-order valence-electron chi connectivity index (χ2n) is 7.91. The van der Waals surface area contributed by atoms with Crippen molar-refractivity contribution < 1.29 is 19.7 Å². The standard InChI is InChI=1S/C20H27NO4/c1-5-6-12-9-13-16(17(22)15(12)18(23)24)20(21)10-11(2)7-8-14(20)19(3,4)25-13/h9-10,14,22H,5-8,21H2,1-4H3,(H,23,24)/t14-,20-/m0/s1. The van der Waals surface area contributed by atoms with Crippen LogP contribution in [-0.4, -0.2) is 21.8 Å². The number of carboxylic acids is 1. The molecule has 0 saturated heterocycles. The number of benzene rings is 1. The number of carboxylic acid groups (broad SMARTS) is 1. The number of ether oxygens (including phenoxy) is 1. The van der Waals surface area contributed by atoms with Crippen molar-refractivity contribution in [3.63, 3.8) is 0 Å². The van der Waals surface area contributed by atoms with Gasteiger partial charge in [-0.1, -0.05) is 25.0 Å². The highest BCUT2D eigenvalue weighted by Crippen LogP contribution is 2.55. The maximum Gasteiger partial charge on any atom is 0.339 e. The summed E-state index contributed by atoms with van der Waals surface area (Å²) >= 11 is 0. The molecule has 0 amide bonds. The Morgan fingerprint density at radius 3 is 2.72 bits per heavy atom. The van der Waals surface area contributed by atoms with E-state index in [-0.39, 0.29) is 17.2 Å². The summed E-state index contributed by atoms with van der Waals surface area (Å²) in [5.41, 5.74) is 7.49. The summed E-state index contributed by atoms with van der Waals surface area (Å²) in [5.74, 6) is -0.922. The lowest BCUT2D eigenvalue weighted by Gasteiger charge is -2.52. The van der Waals surface area contributed by atoms with E-state index in [1.54, 1.807) is 6.07 Å². The van der Waals surface area contributed by atoms with E-state index in [4.69, 9.17) is 10.5 Å². The van der Waals surface area contributed by atoms with Gasteiger partial charge in [-0.25, -0.2) is 4.79 Å². The highest BCUT2D eigenvalue weighted by Gasteiger charge is 2.53. The fourth-order valence-electron chi connectivity index (χ4n) is 4.62. The van der Waals surface area contributed by atoms with Crippen LogP contribution in [0.3, 0.4) is 0 Å². The van der Waals surface area contributed by atoms with Gasteiger partial charge in [0.05, 0.1) is 11.1 Å². The number of nitrogens with two attached hydrogens (primary N) is 1. The minimum absolute atomic E-state index is 0.0410. The molecule has 3 rings (SSSR count). The average Bonchev–Trinajstić information content (AvgIpc) is 2.44. The number of hydrogen-bond acceptors (Lipinski definition) is 4. The van der Waals surface area contributed by atoms with E-state index in [0.717, 1.165) is 24.8 Å². The lowest BCUT2D eigenvalue weighted by atomic mass is 9.63. The molecule has 25 heavy (non-hydrogen) atoms. The SMILES string of the molecule is CCCc1cc2c(c(O)c1C(=O)O)[C@]1(N)C=C(C)CC[C@H]1C(C)(C)O2. The first kappa shape index (κ1) is 17.8. The van der Waals surface area contributed by atoms with Crippen LogP contribution in [0, 0.1) is 5.92 Å². The van der Waals surface area contributed by atoms with Gasteiger partial charge < -0.3 is 20.7 Å². The zero-order valence-electron chi connectivity index (χ0n) is 15.3. The highest BCUT2D eigenvalue weighted by molar-refractivity contribution is 5.94. The monoisotopic (exact) mass is 345 g/mol. The van der Waals surface area contributed by atoms with Crippen LogP contribution in [0.1, 0.15) is 68.4 Å². The van der Waals surface area contributed by atoms with Crippen LogP contribution < -0.4 is 10.5 Å². The van der Waals surface area contributed by atoms with Gasteiger partial charge in [0.15, 0.2) is 0 Å². The van der Waals surface area contributed by atoms with E-state index in [0.29, 0.717) is 23.3 Å². The number of aryl methyl sites for hydroxylation is 1. The Balaban J connectivity index is 2.34. The molecule has 0 aromatic heterocycles. The second-order valence-corrected chi connectivity index (χ2v) is 7.91. The van der Waals surface area contributed by atoms with Crippen LogP contribution in [0.25, 0.3) is 0 Å². The molecule has 2 atom stereocenters. The van der Waals surface area contributed by atoms with E-state index >= 15 is 0 Å². The molecule has 0 unspecified atom stereocenters. The van der Waals surface area contributed by atoms with Crippen molar-refractivity contribution in [1.29, 1.82) is 0 Å². The molecule has 0 spiro atoms. The number of hydrogen-bond donors (Lipinski definition) is 3. The van der Waals surface area contributed by atoms with Gasteiger partial charge in [0.2, 0.25) is 0 Å². The molecule has 0 radical (unpaired) electrons. The normalized spacial score (nSPS) is 26.9. The average molecular weight is 345 g/mol. The van der Waals surface area contributed by atoms with Crippen LogP contribution in [0.2, 0.25) is 0 Å². The smallest absolute Gasteiger partial charge is 0.339 e. The Morgan fingerprint density at radius 1 is 1.44 bits per heavy atom. The van der Waals surface area contributed by atoms with Gasteiger partial charge in [0.25, 0.3) is 0 Å². The van der Waals surface area contributed by atoms with Crippen molar-refractivity contribution in [2.75, 3.05) is 0 Å². The molecule has 0 bridgehead atoms. The molecule has 2 aliphatic rings. The van der Waals surface area contributed by atoms with E-state index < -0.39 is 17.1 Å². The van der Waals surface area contributed by atoms with Gasteiger partial charge in [-0.15, -0.1) is 0 Å². The Kier molecular flexibility index (Phi) is 4.11. The van der Waals surface area contributed by atoms with Crippen LogP contribution in [0.15, 0.2) is 17.7 Å². The Labute approximate surface area is 148 Å². The summed E-state index contributed by atoms with van der Waals surface area (Å²) in [6.45, 7) is 8.02. The second kappa shape index (κ2) is 5.77. The molecule has 0 saturated carbocycles. The van der Waals surface area contributed by atoms with Crippen molar-refractivity contribution in [1.82, 2.24) is 0 Å². The molecule has 5 nitrogen and oxygen atoms in total. The largest absolute Gasteiger partial charge is 0.507 e. The number of fused-ring (bicyclic) bond motifs is 3. The van der Waals surface area contributed by atoms with E-state index in [2.05, 4.69) is 0 Å². The third-order valence-electron chi connectivity index (χ3n) is 5.61. The fraction of sp³-hybridized carbons (Fsp3) is 0.550. The number of rotatable bonds is 3. The minimum Gasteiger partial charge on any atom is -0.507 e. The molecule has 5 heteroatoms. The molecular formula is C20H27NO4. The predicted molar refractivity (Wildman–Crippen MR) is 96.1 cm³/mol. The molecule has 1 aliphatic carbocycles. The zero-order valence-corrected chi connectivity index (χ0v) is 15.3. The molecular weight excluding hydrogens is 318 g/mol. The molecule has 1 aliphatic heterocycles. The predicted octanol–water partition coefficient (Wildman–Crippen LogP) is 3.72. The van der Waals surface area contributed by atoms with Gasteiger partial charge in [-0.3, -0.25) is 0 Å². The fourth-order valence-corrected chi connectivity index (χ4v) is 4.62. The number of aromatic hydroxyl groups is 1. The van der Waals surface area contributed by atoms with Crippen molar-refractivity contribution >= 4 is 5.97 Å². The molecule has 0 fully saturated rings. The molecule has 136 valence electrons. The summed E-state index contributed by atoms with van der Waals surface area (Å²) in [6.07, 6.45) is 5.07. The van der Waals surface area contributed by atoms with Crippen molar-refractivity contribution in [2.24, 2.45) is 11.7 Å². The van der Waals surface area contributed by atoms with Crippen LogP contribution in [0.4, 0.5) is 0 Å². The van der Waals surface area contributed by atoms with Crippen molar-refractivity contribution in [3.8, 4) is 11.5 Å².